The maximum absolute atomic E-state index is 13.1. The van der Waals surface area contributed by atoms with Crippen molar-refractivity contribution in [2.24, 2.45) is 0 Å². The van der Waals surface area contributed by atoms with Gasteiger partial charge in [-0.05, 0) is 42.5 Å². The molecule has 1 fully saturated rings. The van der Waals surface area contributed by atoms with Crippen LogP contribution in [0.5, 0.6) is 11.5 Å². The number of carbonyl (C=O) groups is 1. The Morgan fingerprint density at radius 3 is 2.38 bits per heavy atom. The van der Waals surface area contributed by atoms with Gasteiger partial charge >= 0.3 is 0 Å². The lowest BCUT2D eigenvalue weighted by atomic mass is 10.3. The van der Waals surface area contributed by atoms with Crippen LogP contribution in [0.3, 0.4) is 0 Å². The lowest BCUT2D eigenvalue weighted by Gasteiger charge is -2.34. The Bertz CT molecular complexity index is 811. The van der Waals surface area contributed by atoms with Crippen LogP contribution in [0.1, 0.15) is 0 Å². The molecule has 0 atom stereocenters. The first kappa shape index (κ1) is 21.4. The van der Waals surface area contributed by atoms with E-state index in [9.17, 15) is 9.18 Å². The lowest BCUT2D eigenvalue weighted by molar-refractivity contribution is -0.117. The van der Waals surface area contributed by atoms with Crippen LogP contribution >= 0.6 is 11.6 Å². The van der Waals surface area contributed by atoms with Gasteiger partial charge in [0.15, 0.2) is 0 Å². The van der Waals surface area contributed by atoms with Crippen molar-refractivity contribution in [1.29, 1.82) is 0 Å². The molecule has 8 heteroatoms. The van der Waals surface area contributed by atoms with Gasteiger partial charge in [0.05, 0.1) is 24.4 Å². The van der Waals surface area contributed by atoms with E-state index in [1.54, 1.807) is 7.11 Å². The number of benzene rings is 2. The fourth-order valence-electron chi connectivity index (χ4n) is 3.12. The molecule has 1 N–H and O–H groups in total. The van der Waals surface area contributed by atoms with Crippen molar-refractivity contribution in [3.63, 3.8) is 0 Å². The zero-order valence-electron chi connectivity index (χ0n) is 16.4. The Kier molecular flexibility index (Phi) is 7.69. The number of ether oxygens (including phenoxy) is 2. The third-order valence-electron chi connectivity index (χ3n) is 4.77. The van der Waals surface area contributed by atoms with Crippen molar-refractivity contribution in [3.8, 4) is 11.5 Å². The van der Waals surface area contributed by atoms with Crippen LogP contribution in [0.4, 0.5) is 10.1 Å². The topological polar surface area (TPSA) is 54.0 Å². The summed E-state index contributed by atoms with van der Waals surface area (Å²) in [5.74, 6) is 1.04. The van der Waals surface area contributed by atoms with Crippen LogP contribution in [-0.2, 0) is 4.79 Å². The highest BCUT2D eigenvalue weighted by Crippen LogP contribution is 2.22. The van der Waals surface area contributed by atoms with Gasteiger partial charge in [-0.25, -0.2) is 4.39 Å². The van der Waals surface area contributed by atoms with Crippen molar-refractivity contribution in [1.82, 2.24) is 9.80 Å². The molecule has 0 spiro atoms. The van der Waals surface area contributed by atoms with Gasteiger partial charge in [0.1, 0.15) is 23.9 Å². The van der Waals surface area contributed by atoms with Crippen molar-refractivity contribution in [2.45, 2.75) is 0 Å². The number of methoxy groups -OCH3 is 1. The monoisotopic (exact) mass is 421 g/mol. The molecule has 0 aromatic heterocycles. The first-order valence-electron chi connectivity index (χ1n) is 9.50. The van der Waals surface area contributed by atoms with Gasteiger partial charge in [-0.2, -0.15) is 0 Å². The lowest BCUT2D eigenvalue weighted by Crippen LogP contribution is -2.49. The van der Waals surface area contributed by atoms with Crippen molar-refractivity contribution in [3.05, 3.63) is 53.3 Å². The molecule has 1 aliphatic heterocycles. The van der Waals surface area contributed by atoms with Crippen LogP contribution in [-0.4, -0.2) is 68.7 Å². The van der Waals surface area contributed by atoms with Crippen LogP contribution in [0.2, 0.25) is 5.02 Å². The van der Waals surface area contributed by atoms with Gasteiger partial charge in [0.25, 0.3) is 0 Å². The van der Waals surface area contributed by atoms with Gasteiger partial charge in [-0.15, -0.1) is 0 Å². The van der Waals surface area contributed by atoms with E-state index >= 15 is 0 Å². The standard InChI is InChI=1S/C21H25ClFN3O3/c1-28-17-3-5-18(6-4-17)29-13-12-25-8-10-26(11-9-25)15-21(27)24-20-7-2-16(23)14-19(20)22/h2-7,14H,8-13,15H2,1H3,(H,24,27). The molecule has 29 heavy (non-hydrogen) atoms. The quantitative estimate of drug-likeness (QED) is 0.709. The molecule has 1 aliphatic rings. The molecule has 0 radical (unpaired) electrons. The van der Waals surface area contributed by atoms with Crippen LogP contribution in [0.25, 0.3) is 0 Å². The summed E-state index contributed by atoms with van der Waals surface area (Å²) in [5.41, 5.74) is 0.424. The van der Waals surface area contributed by atoms with Gasteiger partial charge in [0.2, 0.25) is 5.91 Å². The molecule has 1 heterocycles. The Balaban J connectivity index is 1.34. The van der Waals surface area contributed by atoms with Crippen molar-refractivity contribution < 1.29 is 18.7 Å². The van der Waals surface area contributed by atoms with Gasteiger partial charge in [-0.1, -0.05) is 11.6 Å². The molecule has 156 valence electrons. The van der Waals surface area contributed by atoms with Gasteiger partial charge in [-0.3, -0.25) is 14.6 Å². The minimum absolute atomic E-state index is 0.158. The molecular weight excluding hydrogens is 397 g/mol. The van der Waals surface area contributed by atoms with E-state index in [1.807, 2.05) is 24.3 Å². The molecule has 6 nitrogen and oxygen atoms in total. The van der Waals surface area contributed by atoms with E-state index in [4.69, 9.17) is 21.1 Å². The predicted molar refractivity (Wildman–Crippen MR) is 111 cm³/mol. The molecule has 0 unspecified atom stereocenters. The zero-order valence-corrected chi connectivity index (χ0v) is 17.1. The molecule has 2 aromatic rings. The van der Waals surface area contributed by atoms with E-state index in [2.05, 4.69) is 15.1 Å². The van der Waals surface area contributed by atoms with Crippen molar-refractivity contribution >= 4 is 23.2 Å². The highest BCUT2D eigenvalue weighted by Gasteiger charge is 2.19. The highest BCUT2D eigenvalue weighted by molar-refractivity contribution is 6.33. The fourth-order valence-corrected chi connectivity index (χ4v) is 3.33. The third kappa shape index (κ3) is 6.59. The molecule has 1 saturated heterocycles. The number of hydrogen-bond acceptors (Lipinski definition) is 5. The first-order valence-corrected chi connectivity index (χ1v) is 9.88. The summed E-state index contributed by atoms with van der Waals surface area (Å²) in [4.78, 5) is 16.6. The van der Waals surface area contributed by atoms with Crippen molar-refractivity contribution in [2.75, 3.05) is 58.3 Å². The SMILES string of the molecule is COc1ccc(OCCN2CCN(CC(=O)Nc3ccc(F)cc3Cl)CC2)cc1. The number of anilines is 1. The molecule has 1 amide bonds. The molecule has 0 bridgehead atoms. The van der Waals surface area contributed by atoms with E-state index < -0.39 is 5.82 Å². The Morgan fingerprint density at radius 1 is 1.07 bits per heavy atom. The summed E-state index contributed by atoms with van der Waals surface area (Å²) >= 11 is 5.95. The zero-order chi connectivity index (χ0) is 20.6. The van der Waals surface area contributed by atoms with E-state index in [0.29, 0.717) is 12.3 Å². The highest BCUT2D eigenvalue weighted by atomic mass is 35.5. The summed E-state index contributed by atoms with van der Waals surface area (Å²) in [7, 11) is 1.64. The fraction of sp³-hybridized carbons (Fsp3) is 0.381. The molecular formula is C21H25ClFN3O3. The van der Waals surface area contributed by atoms with E-state index in [-0.39, 0.29) is 17.5 Å². The number of nitrogens with one attached hydrogen (secondary N) is 1. The smallest absolute Gasteiger partial charge is 0.238 e. The summed E-state index contributed by atoms with van der Waals surface area (Å²) < 4.78 is 24.0. The maximum atomic E-state index is 13.1. The average Bonchev–Trinajstić information content (AvgIpc) is 2.72. The number of amides is 1. The Morgan fingerprint density at radius 2 is 1.72 bits per heavy atom. The van der Waals surface area contributed by atoms with E-state index in [0.717, 1.165) is 44.2 Å². The van der Waals surface area contributed by atoms with Crippen LogP contribution < -0.4 is 14.8 Å². The largest absolute Gasteiger partial charge is 0.497 e. The first-order chi connectivity index (χ1) is 14.0. The Hall–Kier alpha value is -2.35. The average molecular weight is 422 g/mol. The minimum Gasteiger partial charge on any atom is -0.497 e. The summed E-state index contributed by atoms with van der Waals surface area (Å²) in [5, 5.41) is 2.93. The molecule has 0 aliphatic carbocycles. The number of halogens is 2. The van der Waals surface area contributed by atoms with E-state index in [1.165, 1.54) is 18.2 Å². The molecule has 0 saturated carbocycles. The second-order valence-electron chi connectivity index (χ2n) is 6.81. The maximum Gasteiger partial charge on any atom is 0.238 e. The predicted octanol–water partition coefficient (Wildman–Crippen LogP) is 3.12. The number of carbonyl (C=O) groups excluding carboxylic acids is 1. The summed E-state index contributed by atoms with van der Waals surface area (Å²) in [6.45, 7) is 5.06. The van der Waals surface area contributed by atoms with Gasteiger partial charge in [0, 0.05) is 32.7 Å². The number of piperazine rings is 1. The summed E-state index contributed by atoms with van der Waals surface area (Å²) in [6.07, 6.45) is 0. The molecule has 2 aromatic carbocycles. The Labute approximate surface area is 175 Å². The summed E-state index contributed by atoms with van der Waals surface area (Å²) in [6, 6.07) is 11.5. The number of hydrogen-bond donors (Lipinski definition) is 1. The van der Waals surface area contributed by atoms with Crippen LogP contribution in [0.15, 0.2) is 42.5 Å². The minimum atomic E-state index is -0.430. The van der Waals surface area contributed by atoms with Gasteiger partial charge < -0.3 is 14.8 Å². The molecule has 3 rings (SSSR count). The number of nitrogens with zero attached hydrogens (tertiary/aromatic N) is 2. The second kappa shape index (κ2) is 10.4. The second-order valence-corrected chi connectivity index (χ2v) is 7.22. The number of rotatable bonds is 8. The normalized spacial score (nSPS) is 15.1. The van der Waals surface area contributed by atoms with Crippen LogP contribution in [0, 0.1) is 5.82 Å². The third-order valence-corrected chi connectivity index (χ3v) is 5.09.